The van der Waals surface area contributed by atoms with Crippen LogP contribution in [-0.4, -0.2) is 28.8 Å². The summed E-state index contributed by atoms with van der Waals surface area (Å²) in [6.45, 7) is 2.46. The molecule has 0 aromatic heterocycles. The monoisotopic (exact) mass is 392 g/mol. The second kappa shape index (κ2) is 10.8. The zero-order valence-corrected chi connectivity index (χ0v) is 17.3. The van der Waals surface area contributed by atoms with Crippen LogP contribution in [-0.2, 0) is 22.6 Å². The summed E-state index contributed by atoms with van der Waals surface area (Å²) in [5.74, 6) is 0.0139. The highest BCUT2D eigenvalue weighted by Crippen LogP contribution is 2.20. The van der Waals surface area contributed by atoms with Crippen molar-refractivity contribution < 1.29 is 9.59 Å². The molecule has 3 rings (SSSR count). The maximum atomic E-state index is 13.3. The standard InChI is InChI=1S/C25H32N2O2/c1-2-11-24(28)27(19-21-14-7-4-8-15-21)23(18-20-12-5-3-6-13-20)25(29)26-22-16-9-10-17-22/h3-8,12-15,22-23H,2,9-11,16-19H2,1H3,(H,26,29)/t23-/m1/s1. The normalized spacial score (nSPS) is 15.1. The van der Waals surface area contributed by atoms with Crippen LogP contribution in [0, 0.1) is 0 Å². The topological polar surface area (TPSA) is 49.4 Å². The second-order valence-corrected chi connectivity index (χ2v) is 7.95. The number of nitrogens with zero attached hydrogens (tertiary/aromatic N) is 1. The Morgan fingerprint density at radius 2 is 1.55 bits per heavy atom. The van der Waals surface area contributed by atoms with Gasteiger partial charge in [0.1, 0.15) is 6.04 Å². The van der Waals surface area contributed by atoms with Gasteiger partial charge >= 0.3 is 0 Å². The Bertz CT molecular complexity index is 770. The van der Waals surface area contributed by atoms with E-state index < -0.39 is 6.04 Å². The van der Waals surface area contributed by atoms with Crippen molar-refractivity contribution in [3.05, 3.63) is 71.8 Å². The molecule has 0 saturated heterocycles. The van der Waals surface area contributed by atoms with Crippen LogP contribution in [0.4, 0.5) is 0 Å². The molecule has 0 aliphatic heterocycles. The van der Waals surface area contributed by atoms with Gasteiger partial charge in [-0.2, -0.15) is 0 Å². The summed E-state index contributed by atoms with van der Waals surface area (Å²) in [5.41, 5.74) is 2.12. The second-order valence-electron chi connectivity index (χ2n) is 7.95. The van der Waals surface area contributed by atoms with Crippen LogP contribution in [0.2, 0.25) is 0 Å². The van der Waals surface area contributed by atoms with E-state index in [-0.39, 0.29) is 17.9 Å². The van der Waals surface area contributed by atoms with Gasteiger partial charge in [0.25, 0.3) is 0 Å². The van der Waals surface area contributed by atoms with Gasteiger partial charge in [-0.3, -0.25) is 9.59 Å². The average Bonchev–Trinajstić information content (AvgIpc) is 3.25. The van der Waals surface area contributed by atoms with Gasteiger partial charge in [0.05, 0.1) is 0 Å². The van der Waals surface area contributed by atoms with Gasteiger partial charge in [-0.1, -0.05) is 80.4 Å². The van der Waals surface area contributed by atoms with Crippen LogP contribution in [0.5, 0.6) is 0 Å². The molecule has 1 aliphatic carbocycles. The van der Waals surface area contributed by atoms with Gasteiger partial charge in [0.2, 0.25) is 11.8 Å². The van der Waals surface area contributed by atoms with Crippen molar-refractivity contribution in [1.82, 2.24) is 10.2 Å². The SMILES string of the molecule is CCCC(=O)N(Cc1ccccc1)[C@H](Cc1ccccc1)C(=O)NC1CCCC1. The Morgan fingerprint density at radius 3 is 2.14 bits per heavy atom. The van der Waals surface area contributed by atoms with Crippen molar-refractivity contribution >= 4 is 11.8 Å². The number of amides is 2. The molecule has 154 valence electrons. The van der Waals surface area contributed by atoms with Gasteiger partial charge in [0, 0.05) is 25.4 Å². The van der Waals surface area contributed by atoms with Crippen molar-refractivity contribution in [1.29, 1.82) is 0 Å². The molecule has 0 bridgehead atoms. The first-order valence-electron chi connectivity index (χ1n) is 10.8. The lowest BCUT2D eigenvalue weighted by molar-refractivity contribution is -0.141. The number of rotatable bonds is 9. The van der Waals surface area contributed by atoms with Crippen molar-refractivity contribution in [2.45, 2.75) is 70.5 Å². The predicted octanol–water partition coefficient (Wildman–Crippen LogP) is 4.49. The highest BCUT2D eigenvalue weighted by atomic mass is 16.2. The number of benzene rings is 2. The zero-order chi connectivity index (χ0) is 20.5. The first-order valence-corrected chi connectivity index (χ1v) is 10.8. The summed E-state index contributed by atoms with van der Waals surface area (Å²) in [6, 6.07) is 19.7. The zero-order valence-electron chi connectivity index (χ0n) is 17.3. The highest BCUT2D eigenvalue weighted by Gasteiger charge is 2.31. The molecule has 2 aromatic rings. The Hall–Kier alpha value is -2.62. The lowest BCUT2D eigenvalue weighted by Crippen LogP contribution is -2.52. The molecule has 1 atom stereocenters. The molecule has 2 aromatic carbocycles. The molecule has 0 heterocycles. The lowest BCUT2D eigenvalue weighted by Gasteiger charge is -2.32. The number of nitrogens with one attached hydrogen (secondary N) is 1. The van der Waals surface area contributed by atoms with Crippen molar-refractivity contribution in [2.24, 2.45) is 0 Å². The largest absolute Gasteiger partial charge is 0.352 e. The highest BCUT2D eigenvalue weighted by molar-refractivity contribution is 5.88. The maximum Gasteiger partial charge on any atom is 0.243 e. The predicted molar refractivity (Wildman–Crippen MR) is 116 cm³/mol. The van der Waals surface area contributed by atoms with Gasteiger partial charge in [-0.15, -0.1) is 0 Å². The van der Waals surface area contributed by atoms with Crippen LogP contribution in [0.3, 0.4) is 0 Å². The molecule has 0 spiro atoms. The number of hydrogen-bond acceptors (Lipinski definition) is 2. The van der Waals surface area contributed by atoms with E-state index in [2.05, 4.69) is 5.32 Å². The van der Waals surface area contributed by atoms with Crippen molar-refractivity contribution in [2.75, 3.05) is 0 Å². The first-order chi connectivity index (χ1) is 14.2. The molecule has 29 heavy (non-hydrogen) atoms. The third-order valence-electron chi connectivity index (χ3n) is 5.63. The third-order valence-corrected chi connectivity index (χ3v) is 5.63. The minimum Gasteiger partial charge on any atom is -0.352 e. The van der Waals surface area contributed by atoms with Gasteiger partial charge in [-0.05, 0) is 30.4 Å². The molecule has 1 aliphatic rings. The molecule has 0 radical (unpaired) electrons. The number of carbonyl (C=O) groups is 2. The van der Waals surface area contributed by atoms with Crippen LogP contribution in [0.25, 0.3) is 0 Å². The summed E-state index contributed by atoms with van der Waals surface area (Å²) < 4.78 is 0. The summed E-state index contributed by atoms with van der Waals surface area (Å²) in [7, 11) is 0. The quantitative estimate of drug-likeness (QED) is 0.684. The molecule has 1 fully saturated rings. The van der Waals surface area contributed by atoms with E-state index in [1.807, 2.05) is 67.6 Å². The molecule has 4 heteroatoms. The smallest absolute Gasteiger partial charge is 0.243 e. The van der Waals surface area contributed by atoms with Crippen LogP contribution in [0.15, 0.2) is 60.7 Å². The van der Waals surface area contributed by atoms with Crippen molar-refractivity contribution in [3.8, 4) is 0 Å². The van der Waals surface area contributed by atoms with Gasteiger partial charge in [-0.25, -0.2) is 0 Å². The fourth-order valence-corrected chi connectivity index (χ4v) is 4.06. The van der Waals surface area contributed by atoms with Gasteiger partial charge in [0.15, 0.2) is 0 Å². The van der Waals surface area contributed by atoms with Gasteiger partial charge < -0.3 is 10.2 Å². The van der Waals surface area contributed by atoms with E-state index in [9.17, 15) is 9.59 Å². The molecule has 1 N–H and O–H groups in total. The van der Waals surface area contributed by atoms with Crippen LogP contribution in [0.1, 0.15) is 56.6 Å². The molecule has 1 saturated carbocycles. The summed E-state index contributed by atoms with van der Waals surface area (Å²) >= 11 is 0. The molecular weight excluding hydrogens is 360 g/mol. The molecule has 4 nitrogen and oxygen atoms in total. The fourth-order valence-electron chi connectivity index (χ4n) is 4.06. The average molecular weight is 393 g/mol. The Morgan fingerprint density at radius 1 is 0.966 bits per heavy atom. The first kappa shape index (κ1) is 21.1. The summed E-state index contributed by atoms with van der Waals surface area (Å²) in [6.07, 6.45) is 6.15. The number of carbonyl (C=O) groups excluding carboxylic acids is 2. The Kier molecular flexibility index (Phi) is 7.85. The third kappa shape index (κ3) is 6.18. The lowest BCUT2D eigenvalue weighted by atomic mass is 10.0. The van der Waals surface area contributed by atoms with E-state index in [0.29, 0.717) is 19.4 Å². The summed E-state index contributed by atoms with van der Waals surface area (Å²) in [5, 5.41) is 3.23. The van der Waals surface area contributed by atoms with E-state index in [0.717, 1.165) is 43.2 Å². The van der Waals surface area contributed by atoms with Crippen LogP contribution < -0.4 is 5.32 Å². The molecule has 0 unspecified atom stereocenters. The Labute approximate surface area is 174 Å². The van der Waals surface area contributed by atoms with E-state index in [1.165, 1.54) is 0 Å². The van der Waals surface area contributed by atoms with E-state index in [1.54, 1.807) is 4.90 Å². The van der Waals surface area contributed by atoms with Crippen molar-refractivity contribution in [3.63, 3.8) is 0 Å². The minimum atomic E-state index is -0.503. The summed E-state index contributed by atoms with van der Waals surface area (Å²) in [4.78, 5) is 28.2. The molecular formula is C25H32N2O2. The van der Waals surface area contributed by atoms with E-state index in [4.69, 9.17) is 0 Å². The molecule has 2 amide bonds. The maximum absolute atomic E-state index is 13.3. The van der Waals surface area contributed by atoms with Crippen LogP contribution >= 0.6 is 0 Å². The fraction of sp³-hybridized carbons (Fsp3) is 0.440. The Balaban J connectivity index is 1.86. The minimum absolute atomic E-state index is 0.0267. The van der Waals surface area contributed by atoms with E-state index >= 15 is 0 Å². The number of hydrogen-bond donors (Lipinski definition) is 1.